The fraction of sp³-hybridized carbons (Fsp3) is 0.0213. The Morgan fingerprint density at radius 2 is 0.285 bits per heavy atom. The molecule has 24 aromatic carbocycles. The summed E-state index contributed by atoms with van der Waals surface area (Å²) in [5.41, 5.74) is 39.3. The van der Waals surface area contributed by atoms with Gasteiger partial charge >= 0.3 is 0 Å². The molecule has 0 saturated heterocycles. The predicted octanol–water partition coefficient (Wildman–Crippen LogP) is 37.0. The second kappa shape index (κ2) is 37.7. The molecular weight excluding hydrogens is 1740 g/mol. The number of rotatable bonds is 18. The lowest BCUT2D eigenvalue weighted by Gasteiger charge is -2.34. The van der Waals surface area contributed by atoms with E-state index >= 15 is 0 Å². The zero-order valence-electron chi connectivity index (χ0n) is 79.5. The van der Waals surface area contributed by atoms with Gasteiger partial charge in [0.2, 0.25) is 0 Å². The van der Waals surface area contributed by atoms with Crippen LogP contribution in [-0.2, 0) is 16.2 Å². The third kappa shape index (κ3) is 15.1. The van der Waals surface area contributed by atoms with E-state index in [4.69, 9.17) is 0 Å². The summed E-state index contributed by atoms with van der Waals surface area (Å²) in [6.07, 6.45) is 0. The van der Waals surface area contributed by atoms with E-state index in [0.29, 0.717) is 0 Å². The van der Waals surface area contributed by atoms with Gasteiger partial charge in [-0.15, -0.1) is 0 Å². The van der Waals surface area contributed by atoms with E-state index in [0.717, 1.165) is 51.2 Å². The number of para-hydroxylation sites is 3. The van der Waals surface area contributed by atoms with Crippen molar-refractivity contribution in [3.8, 4) is 66.8 Å². The maximum Gasteiger partial charge on any atom is 0.0713 e. The molecule has 0 radical (unpaired) electrons. The highest BCUT2D eigenvalue weighted by molar-refractivity contribution is 6.09. The second-order valence-electron chi connectivity index (χ2n) is 37.5. The van der Waals surface area contributed by atoms with Gasteiger partial charge in [0.1, 0.15) is 0 Å². The van der Waals surface area contributed by atoms with Crippen LogP contribution in [0.4, 0.5) is 51.2 Å². The van der Waals surface area contributed by atoms with Crippen LogP contribution in [0.3, 0.4) is 0 Å². The minimum atomic E-state index is -0.477. The number of hydrogen-bond donors (Lipinski definition) is 0. The summed E-state index contributed by atoms with van der Waals surface area (Å²) in [5.74, 6) is 0. The number of nitrogens with zero attached hydrogens (tertiary/aromatic N) is 3. The molecule has 24 aromatic rings. The Kier molecular flexibility index (Phi) is 22.7. The van der Waals surface area contributed by atoms with Gasteiger partial charge in [0, 0.05) is 51.2 Å². The van der Waals surface area contributed by atoms with Crippen LogP contribution < -0.4 is 14.7 Å². The van der Waals surface area contributed by atoms with Crippen molar-refractivity contribution in [2.24, 2.45) is 0 Å². The summed E-state index contributed by atoms with van der Waals surface area (Å²) in [5, 5.41) is 7.59. The van der Waals surface area contributed by atoms with Crippen LogP contribution in [0.2, 0.25) is 0 Å². The van der Waals surface area contributed by atoms with Gasteiger partial charge in [-0.05, 0) is 275 Å². The third-order valence-corrected chi connectivity index (χ3v) is 29.8. The molecule has 0 amide bonds. The first-order valence-corrected chi connectivity index (χ1v) is 49.8. The molecule has 678 valence electrons. The van der Waals surface area contributed by atoms with E-state index in [1.54, 1.807) is 0 Å². The molecule has 0 atom stereocenters. The van der Waals surface area contributed by atoms with Gasteiger partial charge < -0.3 is 14.7 Å². The van der Waals surface area contributed by atoms with Crippen molar-refractivity contribution in [3.05, 3.63) is 667 Å². The molecule has 3 nitrogen and oxygen atoms in total. The SMILES string of the molecule is c1ccc(-c2ccc(N(c3ccc(-c4ccccc4)cc3)c3ccc4c(c3)-c3c(ccc5ccccc35)C4(c3ccccc3)c3ccccc3)cc2)cc1.c1ccc(-c2ccc(N(c3ccccc3)c3ccc4c(c3)-c3c(ccc5ccccc35)C4(c3ccccc3)c3ccccc3)cc2)cc1.c1ccc(N(c2ccccc2)c2ccc3c(c2)-c2c(ccc4ccccc24)C3(c2ccccc2)c2ccccc2)cc1. The van der Waals surface area contributed by atoms with Crippen molar-refractivity contribution in [1.82, 2.24) is 0 Å². The number of benzene rings is 24. The van der Waals surface area contributed by atoms with Crippen molar-refractivity contribution in [3.63, 3.8) is 0 Å². The maximum atomic E-state index is 2.43. The Morgan fingerprint density at radius 3 is 0.507 bits per heavy atom. The van der Waals surface area contributed by atoms with E-state index in [-0.39, 0.29) is 0 Å². The number of hydrogen-bond acceptors (Lipinski definition) is 3. The van der Waals surface area contributed by atoms with Gasteiger partial charge in [0.15, 0.2) is 0 Å². The fourth-order valence-electron chi connectivity index (χ4n) is 23.5. The largest absolute Gasteiger partial charge is 0.310 e. The van der Waals surface area contributed by atoms with Crippen LogP contribution in [-0.4, -0.2) is 0 Å². The van der Waals surface area contributed by atoms with E-state index in [1.807, 2.05) is 0 Å². The van der Waals surface area contributed by atoms with E-state index < -0.39 is 16.2 Å². The molecule has 0 N–H and O–H groups in total. The highest BCUT2D eigenvalue weighted by atomic mass is 15.2. The second-order valence-corrected chi connectivity index (χ2v) is 37.5. The molecule has 3 heteroatoms. The van der Waals surface area contributed by atoms with Crippen molar-refractivity contribution in [2.45, 2.75) is 16.2 Å². The van der Waals surface area contributed by atoms with Crippen LogP contribution in [0.5, 0.6) is 0 Å². The standard InChI is InChI=1S/C53H37N.C47H33N.C41H29N/c1-5-15-38(16-6-1)40-25-30-45(31-26-40)54(46-32-27-41(28-33-46)39-17-7-2-8-18-39)47-34-36-50-49(37-47)52-48-24-14-13-19-42(48)29-35-51(52)53(50,43-20-9-3-10-21-43)44-22-11-4-12-23-44;1-5-15-34(16-6-1)35-25-28-40(29-26-35)48(39-22-11-4-12-23-39)41-30-32-44-43(33-41)46-42-24-14-13-17-36(42)27-31-45(46)47(44,37-18-7-2-8-19-37)38-20-9-3-10-21-38;1-5-16-31(17-6-1)41(32-18-7-2-8-19-32)38-28-26-35(42(33-20-9-3-10-21-33)34-22-11-4-12-23-34)29-37(38)40-36-24-14-13-15-30(36)25-27-39(40)41/h1-37H;1-33H;1-29H. The maximum absolute atomic E-state index is 2.43. The number of fused-ring (bicyclic) bond motifs is 15. The van der Waals surface area contributed by atoms with E-state index in [2.05, 4.69) is 615 Å². The van der Waals surface area contributed by atoms with Gasteiger partial charge in [-0.3, -0.25) is 0 Å². The van der Waals surface area contributed by atoms with Crippen LogP contribution in [0.1, 0.15) is 66.8 Å². The van der Waals surface area contributed by atoms with Crippen molar-refractivity contribution < 1.29 is 0 Å². The minimum Gasteiger partial charge on any atom is -0.310 e. The zero-order chi connectivity index (χ0) is 95.8. The van der Waals surface area contributed by atoms with Gasteiger partial charge in [0.05, 0.1) is 16.2 Å². The first kappa shape index (κ1) is 87.0. The van der Waals surface area contributed by atoms with Gasteiger partial charge in [-0.1, -0.05) is 491 Å². The Morgan fingerprint density at radius 1 is 0.118 bits per heavy atom. The summed E-state index contributed by atoms with van der Waals surface area (Å²) in [7, 11) is 0. The Labute approximate surface area is 842 Å². The molecule has 0 aliphatic heterocycles. The lowest BCUT2D eigenvalue weighted by Crippen LogP contribution is -2.28. The molecule has 0 fully saturated rings. The monoisotopic (exact) mass is 1830 g/mol. The molecule has 0 heterocycles. The summed E-state index contributed by atoms with van der Waals surface area (Å²) in [6, 6.07) is 219. The molecule has 0 saturated carbocycles. The lowest BCUT2D eigenvalue weighted by molar-refractivity contribution is 0.769. The molecule has 144 heavy (non-hydrogen) atoms. The molecule has 0 unspecified atom stereocenters. The molecule has 3 aliphatic carbocycles. The van der Waals surface area contributed by atoms with Gasteiger partial charge in [0.25, 0.3) is 0 Å². The predicted molar refractivity (Wildman–Crippen MR) is 604 cm³/mol. The van der Waals surface area contributed by atoms with Gasteiger partial charge in [-0.2, -0.15) is 0 Å². The Bertz CT molecular complexity index is 8480. The highest BCUT2D eigenvalue weighted by Crippen LogP contribution is 2.63. The van der Waals surface area contributed by atoms with Gasteiger partial charge in [-0.25, -0.2) is 0 Å². The summed E-state index contributed by atoms with van der Waals surface area (Å²) >= 11 is 0. The third-order valence-electron chi connectivity index (χ3n) is 29.8. The average molecular weight is 1840 g/mol. The quantitative estimate of drug-likeness (QED) is 0.0848. The smallest absolute Gasteiger partial charge is 0.0713 e. The zero-order valence-corrected chi connectivity index (χ0v) is 79.5. The van der Waals surface area contributed by atoms with Crippen molar-refractivity contribution >= 4 is 83.5 Å². The number of anilines is 9. The summed E-state index contributed by atoms with van der Waals surface area (Å²) in [4.78, 5) is 7.14. The van der Waals surface area contributed by atoms with Crippen LogP contribution in [0.25, 0.3) is 99.1 Å². The first-order valence-electron chi connectivity index (χ1n) is 49.8. The van der Waals surface area contributed by atoms with Crippen molar-refractivity contribution in [1.29, 1.82) is 0 Å². The summed E-state index contributed by atoms with van der Waals surface area (Å²) < 4.78 is 0. The molecule has 0 spiro atoms. The van der Waals surface area contributed by atoms with Crippen LogP contribution in [0.15, 0.2) is 601 Å². The molecular formula is C141H99N3. The molecule has 3 aliphatic rings. The van der Waals surface area contributed by atoms with Crippen LogP contribution in [0, 0.1) is 0 Å². The van der Waals surface area contributed by atoms with E-state index in [1.165, 1.54) is 166 Å². The van der Waals surface area contributed by atoms with E-state index in [9.17, 15) is 0 Å². The molecule has 0 bridgehead atoms. The molecule has 27 rings (SSSR count). The molecule has 0 aromatic heterocycles. The fourth-order valence-corrected chi connectivity index (χ4v) is 23.5. The lowest BCUT2D eigenvalue weighted by atomic mass is 9.67. The topological polar surface area (TPSA) is 9.72 Å². The normalized spacial score (nSPS) is 12.8. The summed E-state index contributed by atoms with van der Waals surface area (Å²) in [6.45, 7) is 0. The first-order chi connectivity index (χ1) is 71.5. The van der Waals surface area contributed by atoms with Crippen LogP contribution >= 0.6 is 0 Å². The van der Waals surface area contributed by atoms with Crippen molar-refractivity contribution in [2.75, 3.05) is 14.7 Å². The minimum absolute atomic E-state index is 0.430. The average Bonchev–Trinajstić information content (AvgIpc) is 1.53. The Hall–Kier alpha value is -18.5. The highest BCUT2D eigenvalue weighted by Gasteiger charge is 2.51. The Balaban J connectivity index is 0.000000114.